The summed E-state index contributed by atoms with van der Waals surface area (Å²) >= 11 is 0. The summed E-state index contributed by atoms with van der Waals surface area (Å²) in [5, 5.41) is 2.88. The first-order valence-corrected chi connectivity index (χ1v) is 13.1. The maximum absolute atomic E-state index is 13.1. The van der Waals surface area contributed by atoms with Crippen molar-refractivity contribution >= 4 is 33.3 Å². The van der Waals surface area contributed by atoms with E-state index in [0.29, 0.717) is 36.5 Å². The normalized spacial score (nSPS) is 15.9. The van der Waals surface area contributed by atoms with Gasteiger partial charge < -0.3 is 10.1 Å². The summed E-state index contributed by atoms with van der Waals surface area (Å²) in [7, 11) is -3.65. The Bertz CT molecular complexity index is 1380. The molecule has 1 N–H and O–H groups in total. The lowest BCUT2D eigenvalue weighted by Crippen LogP contribution is -2.29. The number of amides is 1. The van der Waals surface area contributed by atoms with Gasteiger partial charge in [-0.1, -0.05) is 30.3 Å². The van der Waals surface area contributed by atoms with Crippen LogP contribution in [0.4, 0.5) is 11.4 Å². The van der Waals surface area contributed by atoms with Crippen LogP contribution in [0.5, 0.6) is 0 Å². The molecule has 35 heavy (non-hydrogen) atoms. The molecule has 1 fully saturated rings. The number of anilines is 2. The van der Waals surface area contributed by atoms with Crippen LogP contribution in [0.15, 0.2) is 77.7 Å². The number of hydrogen-bond acceptors (Lipinski definition) is 5. The fourth-order valence-electron chi connectivity index (χ4n) is 4.56. The Kier molecular flexibility index (Phi) is 5.84. The van der Waals surface area contributed by atoms with Crippen LogP contribution >= 0.6 is 0 Å². The quantitative estimate of drug-likeness (QED) is 0.499. The van der Waals surface area contributed by atoms with Gasteiger partial charge >= 0.3 is 5.97 Å². The van der Waals surface area contributed by atoms with Crippen LogP contribution in [0.2, 0.25) is 0 Å². The van der Waals surface area contributed by atoms with Gasteiger partial charge in [-0.25, -0.2) is 8.42 Å². The molecule has 1 saturated carbocycles. The Morgan fingerprint density at radius 2 is 1.71 bits per heavy atom. The molecule has 0 spiro atoms. The summed E-state index contributed by atoms with van der Waals surface area (Å²) in [5.41, 5.74) is 2.83. The zero-order valence-corrected chi connectivity index (χ0v) is 20.2. The number of benzene rings is 3. The van der Waals surface area contributed by atoms with Gasteiger partial charge in [-0.05, 0) is 79.8 Å². The zero-order valence-electron chi connectivity index (χ0n) is 19.4. The molecule has 2 aliphatic rings. The number of fused-ring (bicyclic) bond motifs is 1. The van der Waals surface area contributed by atoms with Crippen LogP contribution in [0, 0.1) is 0 Å². The maximum atomic E-state index is 13.1. The van der Waals surface area contributed by atoms with E-state index in [2.05, 4.69) is 5.32 Å². The third-order valence-corrected chi connectivity index (χ3v) is 8.46. The average molecular weight is 491 g/mol. The van der Waals surface area contributed by atoms with Gasteiger partial charge in [-0.3, -0.25) is 13.9 Å². The summed E-state index contributed by atoms with van der Waals surface area (Å²) in [5.74, 6) is -0.477. The molecule has 180 valence electrons. The zero-order chi connectivity index (χ0) is 24.6. The molecule has 0 atom stereocenters. The van der Waals surface area contributed by atoms with E-state index in [0.717, 1.165) is 24.0 Å². The highest BCUT2D eigenvalue weighted by Crippen LogP contribution is 2.49. The fraction of sp³-hybridized carbons (Fsp3) is 0.259. The van der Waals surface area contributed by atoms with Gasteiger partial charge in [0.1, 0.15) is 0 Å². The molecular weight excluding hydrogens is 464 g/mol. The predicted octanol–water partition coefficient (Wildman–Crippen LogP) is 4.29. The SMILES string of the molecule is CCOC(=O)C1(c2ccc(NC(=O)c3ccc4c(c3)CCN4S(=O)(=O)c3ccccc3)cc2)CC1. The number of sulfonamides is 1. The van der Waals surface area contributed by atoms with Gasteiger partial charge in [0, 0.05) is 17.8 Å². The highest BCUT2D eigenvalue weighted by atomic mass is 32.2. The van der Waals surface area contributed by atoms with Crippen LogP contribution < -0.4 is 9.62 Å². The predicted molar refractivity (Wildman–Crippen MR) is 133 cm³/mol. The summed E-state index contributed by atoms with van der Waals surface area (Å²) in [6, 6.07) is 20.7. The van der Waals surface area contributed by atoms with Crippen LogP contribution in [0.25, 0.3) is 0 Å². The number of carbonyl (C=O) groups excluding carboxylic acids is 2. The first-order valence-electron chi connectivity index (χ1n) is 11.6. The van der Waals surface area contributed by atoms with Crippen molar-refractivity contribution in [2.24, 2.45) is 0 Å². The molecule has 1 aliphatic carbocycles. The minimum Gasteiger partial charge on any atom is -0.465 e. The first kappa shape index (κ1) is 23.1. The van der Waals surface area contributed by atoms with E-state index < -0.39 is 15.4 Å². The molecule has 7 nitrogen and oxygen atoms in total. The number of nitrogens with zero attached hydrogens (tertiary/aromatic N) is 1. The van der Waals surface area contributed by atoms with Crippen molar-refractivity contribution < 1.29 is 22.7 Å². The molecule has 0 saturated heterocycles. The number of ether oxygens (including phenoxy) is 1. The fourth-order valence-corrected chi connectivity index (χ4v) is 6.09. The summed E-state index contributed by atoms with van der Waals surface area (Å²) in [4.78, 5) is 25.4. The number of carbonyl (C=O) groups is 2. The molecule has 0 radical (unpaired) electrons. The summed E-state index contributed by atoms with van der Waals surface area (Å²) in [6.07, 6.45) is 2.07. The Labute approximate surface area is 204 Å². The molecule has 1 amide bonds. The number of hydrogen-bond donors (Lipinski definition) is 1. The van der Waals surface area contributed by atoms with E-state index in [1.165, 1.54) is 4.31 Å². The minimum absolute atomic E-state index is 0.196. The van der Waals surface area contributed by atoms with Crippen molar-refractivity contribution in [3.63, 3.8) is 0 Å². The molecule has 1 aliphatic heterocycles. The van der Waals surface area contributed by atoms with E-state index in [9.17, 15) is 18.0 Å². The standard InChI is InChI=1S/C27H26N2O5S/c1-2-34-26(31)27(15-16-27)21-9-11-22(12-10-21)28-25(30)20-8-13-24-19(18-20)14-17-29(24)35(32,33)23-6-4-3-5-7-23/h3-13,18H,2,14-17H2,1H3,(H,28,30). The van der Waals surface area contributed by atoms with Gasteiger partial charge in [0.05, 0.1) is 22.6 Å². The van der Waals surface area contributed by atoms with Crippen LogP contribution in [0.3, 0.4) is 0 Å². The largest absolute Gasteiger partial charge is 0.465 e. The second kappa shape index (κ2) is 8.85. The Hall–Kier alpha value is -3.65. The first-order chi connectivity index (χ1) is 16.8. The van der Waals surface area contributed by atoms with Crippen molar-refractivity contribution in [2.75, 3.05) is 22.8 Å². The highest BCUT2D eigenvalue weighted by molar-refractivity contribution is 7.92. The van der Waals surface area contributed by atoms with Crippen molar-refractivity contribution in [3.8, 4) is 0 Å². The lowest BCUT2D eigenvalue weighted by atomic mass is 9.96. The van der Waals surface area contributed by atoms with Crippen molar-refractivity contribution in [1.82, 2.24) is 0 Å². The molecule has 5 rings (SSSR count). The lowest BCUT2D eigenvalue weighted by molar-refractivity contribution is -0.146. The summed E-state index contributed by atoms with van der Waals surface area (Å²) in [6.45, 7) is 2.48. The Balaban J connectivity index is 1.30. The monoisotopic (exact) mass is 490 g/mol. The lowest BCUT2D eigenvalue weighted by Gasteiger charge is -2.19. The molecule has 0 unspecified atom stereocenters. The average Bonchev–Trinajstić information content (AvgIpc) is 3.57. The maximum Gasteiger partial charge on any atom is 0.316 e. The van der Waals surface area contributed by atoms with E-state index >= 15 is 0 Å². The number of rotatable bonds is 7. The highest BCUT2D eigenvalue weighted by Gasteiger charge is 2.52. The molecule has 8 heteroatoms. The second-order valence-corrected chi connectivity index (χ2v) is 10.7. The topological polar surface area (TPSA) is 92.8 Å². The molecular formula is C27H26N2O5S. The van der Waals surface area contributed by atoms with Crippen LogP contribution in [-0.4, -0.2) is 33.4 Å². The van der Waals surface area contributed by atoms with E-state index in [1.54, 1.807) is 67.6 Å². The van der Waals surface area contributed by atoms with Gasteiger partial charge in [0.25, 0.3) is 15.9 Å². The van der Waals surface area contributed by atoms with Crippen molar-refractivity contribution in [3.05, 3.63) is 89.5 Å². The van der Waals surface area contributed by atoms with E-state index in [1.807, 2.05) is 12.1 Å². The molecule has 3 aromatic carbocycles. The van der Waals surface area contributed by atoms with E-state index in [-0.39, 0.29) is 16.8 Å². The number of esters is 1. The summed E-state index contributed by atoms with van der Waals surface area (Å²) < 4.78 is 32.7. The molecule has 0 bridgehead atoms. The van der Waals surface area contributed by atoms with Crippen molar-refractivity contribution in [2.45, 2.75) is 36.5 Å². The van der Waals surface area contributed by atoms with Crippen molar-refractivity contribution in [1.29, 1.82) is 0 Å². The van der Waals surface area contributed by atoms with Gasteiger partial charge in [-0.15, -0.1) is 0 Å². The minimum atomic E-state index is -3.65. The van der Waals surface area contributed by atoms with Crippen LogP contribution in [-0.2, 0) is 31.4 Å². The molecule has 3 aromatic rings. The number of nitrogens with one attached hydrogen (secondary N) is 1. The van der Waals surface area contributed by atoms with E-state index in [4.69, 9.17) is 4.74 Å². The van der Waals surface area contributed by atoms with Gasteiger partial charge in [-0.2, -0.15) is 0 Å². The second-order valence-electron chi connectivity index (χ2n) is 8.82. The Morgan fingerprint density at radius 3 is 2.37 bits per heavy atom. The third-order valence-electron chi connectivity index (χ3n) is 6.64. The van der Waals surface area contributed by atoms with Crippen LogP contribution in [0.1, 0.15) is 41.3 Å². The Morgan fingerprint density at radius 1 is 1.00 bits per heavy atom. The third kappa shape index (κ3) is 4.18. The smallest absolute Gasteiger partial charge is 0.316 e. The van der Waals surface area contributed by atoms with Gasteiger partial charge in [0.15, 0.2) is 0 Å². The molecule has 0 aromatic heterocycles. The van der Waals surface area contributed by atoms with Gasteiger partial charge in [0.2, 0.25) is 0 Å². The molecule has 1 heterocycles.